The van der Waals surface area contributed by atoms with Crippen molar-refractivity contribution in [3.8, 4) is 0 Å². The first-order valence-electron chi connectivity index (χ1n) is 9.88. The van der Waals surface area contributed by atoms with E-state index < -0.39 is 6.04 Å². The van der Waals surface area contributed by atoms with Gasteiger partial charge in [0.2, 0.25) is 0 Å². The van der Waals surface area contributed by atoms with Crippen LogP contribution in [0.15, 0.2) is 84.0 Å². The van der Waals surface area contributed by atoms with Gasteiger partial charge in [-0.15, -0.1) is 0 Å². The first kappa shape index (κ1) is 18.3. The number of benzene rings is 3. The fourth-order valence-electron chi connectivity index (χ4n) is 4.10. The third-order valence-corrected chi connectivity index (χ3v) is 5.64. The second-order valence-electron chi connectivity index (χ2n) is 7.45. The molecule has 0 fully saturated rings. The van der Waals surface area contributed by atoms with Crippen molar-refractivity contribution in [2.45, 2.75) is 12.5 Å². The van der Waals surface area contributed by atoms with Crippen LogP contribution in [0.5, 0.6) is 0 Å². The first-order valence-corrected chi connectivity index (χ1v) is 9.88. The Balaban J connectivity index is 1.67. The third-order valence-electron chi connectivity index (χ3n) is 5.64. The minimum atomic E-state index is -0.656. The summed E-state index contributed by atoms with van der Waals surface area (Å²) in [5.41, 5.74) is 4.41. The second-order valence-corrected chi connectivity index (χ2v) is 7.45. The number of carbonyl (C=O) groups excluding carboxylic acids is 1. The topological polar surface area (TPSA) is 48.5 Å². The molecule has 1 N–H and O–H groups in total. The van der Waals surface area contributed by atoms with Crippen LogP contribution in [0.1, 0.15) is 16.7 Å². The highest BCUT2D eigenvalue weighted by atomic mass is 19.1. The molecule has 1 aromatic heterocycles. The Morgan fingerprint density at radius 3 is 2.50 bits per heavy atom. The number of likely N-dealkylation sites (N-methyl/N-ethyl adjacent to an activating group) is 1. The Morgan fingerprint density at radius 1 is 0.967 bits per heavy atom. The molecular weight excluding hydrogens is 377 g/mol. The van der Waals surface area contributed by atoms with Gasteiger partial charge >= 0.3 is 0 Å². The predicted molar refractivity (Wildman–Crippen MR) is 118 cm³/mol. The highest BCUT2D eigenvalue weighted by Crippen LogP contribution is 2.30. The Bertz CT molecular complexity index is 1290. The van der Waals surface area contributed by atoms with Crippen LogP contribution in [-0.4, -0.2) is 29.7 Å². The van der Waals surface area contributed by atoms with Gasteiger partial charge in [-0.3, -0.25) is 9.79 Å². The number of hydrogen-bond donors (Lipinski definition) is 1. The summed E-state index contributed by atoms with van der Waals surface area (Å²) in [6, 6.07) is 21.4. The molecule has 1 amide bonds. The lowest BCUT2D eigenvalue weighted by atomic mass is 9.99. The van der Waals surface area contributed by atoms with Gasteiger partial charge < -0.3 is 9.88 Å². The zero-order chi connectivity index (χ0) is 20.7. The van der Waals surface area contributed by atoms with E-state index in [0.29, 0.717) is 17.7 Å². The fraction of sp³-hybridized carbons (Fsp3) is 0.120. The van der Waals surface area contributed by atoms with Crippen molar-refractivity contribution in [2.24, 2.45) is 4.99 Å². The zero-order valence-corrected chi connectivity index (χ0v) is 16.5. The first-order chi connectivity index (χ1) is 14.6. The van der Waals surface area contributed by atoms with Crippen LogP contribution in [0, 0.1) is 5.82 Å². The summed E-state index contributed by atoms with van der Waals surface area (Å²) < 4.78 is 14.7. The number of anilines is 1. The molecule has 0 aliphatic carbocycles. The number of carbonyl (C=O) groups is 1. The van der Waals surface area contributed by atoms with Crippen LogP contribution >= 0.6 is 0 Å². The number of H-pyrrole nitrogens is 1. The van der Waals surface area contributed by atoms with E-state index in [1.165, 1.54) is 6.07 Å². The molecule has 1 aliphatic heterocycles. The number of fused-ring (bicyclic) bond motifs is 2. The van der Waals surface area contributed by atoms with E-state index in [0.717, 1.165) is 27.7 Å². The van der Waals surface area contributed by atoms with Gasteiger partial charge in [-0.05, 0) is 29.8 Å². The van der Waals surface area contributed by atoms with Crippen molar-refractivity contribution in [3.63, 3.8) is 0 Å². The summed E-state index contributed by atoms with van der Waals surface area (Å²) in [6.07, 6.45) is 2.35. The number of nitrogens with zero attached hydrogens (tertiary/aromatic N) is 2. The van der Waals surface area contributed by atoms with Gasteiger partial charge in [0.05, 0.1) is 11.4 Å². The quantitative estimate of drug-likeness (QED) is 0.534. The van der Waals surface area contributed by atoms with Crippen molar-refractivity contribution >= 4 is 28.2 Å². The normalized spacial score (nSPS) is 16.3. The summed E-state index contributed by atoms with van der Waals surface area (Å²) in [5.74, 6) is -0.465. The summed E-state index contributed by atoms with van der Waals surface area (Å²) in [4.78, 5) is 23.1. The van der Waals surface area contributed by atoms with Gasteiger partial charge in [-0.2, -0.15) is 0 Å². The number of aromatic amines is 1. The van der Waals surface area contributed by atoms with Gasteiger partial charge in [0.25, 0.3) is 5.91 Å². The molecule has 5 rings (SSSR count). The highest BCUT2D eigenvalue weighted by molar-refractivity contribution is 6.20. The summed E-state index contributed by atoms with van der Waals surface area (Å²) in [7, 11) is 1.75. The monoisotopic (exact) mass is 397 g/mol. The van der Waals surface area contributed by atoms with Crippen molar-refractivity contribution in [2.75, 3.05) is 11.9 Å². The molecule has 0 spiro atoms. The van der Waals surface area contributed by atoms with E-state index in [2.05, 4.69) is 4.98 Å². The van der Waals surface area contributed by atoms with E-state index in [-0.39, 0.29) is 11.7 Å². The fourth-order valence-corrected chi connectivity index (χ4v) is 4.10. The van der Waals surface area contributed by atoms with Crippen molar-refractivity contribution in [1.29, 1.82) is 0 Å². The van der Waals surface area contributed by atoms with E-state index >= 15 is 0 Å². The molecule has 4 aromatic rings. The number of halogens is 1. The van der Waals surface area contributed by atoms with E-state index in [9.17, 15) is 9.18 Å². The highest BCUT2D eigenvalue weighted by Gasteiger charge is 2.31. The number of amides is 1. The van der Waals surface area contributed by atoms with Gasteiger partial charge in [-0.25, -0.2) is 4.39 Å². The zero-order valence-electron chi connectivity index (χ0n) is 16.5. The number of hydrogen-bond acceptors (Lipinski definition) is 2. The summed E-state index contributed by atoms with van der Waals surface area (Å²) in [6.45, 7) is 0. The standard InChI is InChI=1S/C25H20FN3O/c1-29-23-13-7-4-10-19(23)24(18-9-2-5-11-20(18)26)28-22(25(29)30)14-16-15-27-21-12-6-3-8-17(16)21/h2-13,15,22,27H,14H2,1H3/t22-/m0/s1. The van der Waals surface area contributed by atoms with Gasteiger partial charge in [0.15, 0.2) is 0 Å². The van der Waals surface area contributed by atoms with Crippen LogP contribution in [-0.2, 0) is 11.2 Å². The number of para-hydroxylation sites is 2. The molecule has 2 heterocycles. The van der Waals surface area contributed by atoms with Gasteiger partial charge in [0, 0.05) is 41.7 Å². The van der Waals surface area contributed by atoms with E-state index in [1.807, 2.05) is 54.7 Å². The van der Waals surface area contributed by atoms with Gasteiger partial charge in [0.1, 0.15) is 11.9 Å². The van der Waals surface area contributed by atoms with Gasteiger partial charge in [-0.1, -0.05) is 48.5 Å². The van der Waals surface area contributed by atoms with Crippen molar-refractivity contribution < 1.29 is 9.18 Å². The molecule has 1 atom stereocenters. The molecular formula is C25H20FN3O. The molecule has 0 radical (unpaired) electrons. The van der Waals surface area contributed by atoms with Crippen LogP contribution < -0.4 is 4.90 Å². The Morgan fingerprint density at radius 2 is 1.67 bits per heavy atom. The molecule has 0 bridgehead atoms. The smallest absolute Gasteiger partial charge is 0.251 e. The molecule has 4 nitrogen and oxygen atoms in total. The lowest BCUT2D eigenvalue weighted by Crippen LogP contribution is -2.35. The number of nitrogens with one attached hydrogen (secondary N) is 1. The molecule has 3 aromatic carbocycles. The molecule has 0 saturated carbocycles. The summed E-state index contributed by atoms with van der Waals surface area (Å²) in [5, 5.41) is 1.07. The molecule has 5 heteroatoms. The lowest BCUT2D eigenvalue weighted by Gasteiger charge is -2.20. The molecule has 30 heavy (non-hydrogen) atoms. The molecule has 0 unspecified atom stereocenters. The number of rotatable bonds is 3. The van der Waals surface area contributed by atoms with E-state index in [1.54, 1.807) is 30.1 Å². The second kappa shape index (κ2) is 7.26. The molecule has 148 valence electrons. The van der Waals surface area contributed by atoms with E-state index in [4.69, 9.17) is 4.99 Å². The largest absolute Gasteiger partial charge is 0.361 e. The van der Waals surface area contributed by atoms with Crippen LogP contribution in [0.3, 0.4) is 0 Å². The Kier molecular flexibility index (Phi) is 4.43. The van der Waals surface area contributed by atoms with Crippen LogP contribution in [0.25, 0.3) is 10.9 Å². The Hall–Kier alpha value is -3.73. The maximum Gasteiger partial charge on any atom is 0.251 e. The number of benzodiazepines with no additional fused rings is 1. The van der Waals surface area contributed by atoms with Crippen LogP contribution in [0.4, 0.5) is 10.1 Å². The Labute approximate surface area is 173 Å². The number of aromatic nitrogens is 1. The van der Waals surface area contributed by atoms with Crippen LogP contribution in [0.2, 0.25) is 0 Å². The summed E-state index contributed by atoms with van der Waals surface area (Å²) >= 11 is 0. The number of aliphatic imine (C=N–C) groups is 1. The van der Waals surface area contributed by atoms with Crippen molar-refractivity contribution in [3.05, 3.63) is 102 Å². The lowest BCUT2D eigenvalue weighted by molar-refractivity contribution is -0.119. The minimum Gasteiger partial charge on any atom is -0.361 e. The average Bonchev–Trinajstić information content (AvgIpc) is 3.15. The third kappa shape index (κ3) is 2.99. The molecule has 1 aliphatic rings. The van der Waals surface area contributed by atoms with Crippen molar-refractivity contribution in [1.82, 2.24) is 4.98 Å². The average molecular weight is 397 g/mol. The maximum absolute atomic E-state index is 14.7. The maximum atomic E-state index is 14.7. The minimum absolute atomic E-state index is 0.112. The SMILES string of the molecule is CN1C(=O)[C@H](Cc2c[nH]c3ccccc23)N=C(c2ccccc2F)c2ccccc21. The molecule has 0 saturated heterocycles. The predicted octanol–water partition coefficient (Wildman–Crippen LogP) is 4.73.